The van der Waals surface area contributed by atoms with E-state index in [1.54, 1.807) is 23.6 Å². The van der Waals surface area contributed by atoms with Gasteiger partial charge >= 0.3 is 6.18 Å². The van der Waals surface area contributed by atoms with Crippen molar-refractivity contribution in [3.05, 3.63) is 58.1 Å². The average Bonchev–Trinajstić information content (AvgIpc) is 3.32. The zero-order valence-electron chi connectivity index (χ0n) is 17.0. The summed E-state index contributed by atoms with van der Waals surface area (Å²) in [6.07, 6.45) is -3.22. The summed E-state index contributed by atoms with van der Waals surface area (Å²) < 4.78 is 55.4. The zero-order chi connectivity index (χ0) is 23.3. The molecular weight excluding hydrogens is 505 g/mol. The molecule has 4 heterocycles. The second kappa shape index (κ2) is 7.86. The van der Waals surface area contributed by atoms with E-state index in [0.717, 1.165) is 10.7 Å². The van der Waals surface area contributed by atoms with Crippen molar-refractivity contribution in [2.75, 3.05) is 13.2 Å². The van der Waals surface area contributed by atoms with Crippen LogP contribution in [-0.2, 0) is 10.9 Å². The van der Waals surface area contributed by atoms with Gasteiger partial charge in [-0.15, -0.1) is 0 Å². The second-order valence-corrected chi connectivity index (χ2v) is 8.25. The predicted molar refractivity (Wildman–Crippen MR) is 113 cm³/mol. The molecule has 1 aliphatic heterocycles. The van der Waals surface area contributed by atoms with Gasteiger partial charge in [0, 0.05) is 11.8 Å². The van der Waals surface area contributed by atoms with Crippen LogP contribution in [0.1, 0.15) is 17.0 Å². The van der Waals surface area contributed by atoms with Gasteiger partial charge in [0.25, 0.3) is 0 Å². The molecule has 168 valence electrons. The molecule has 1 fully saturated rings. The van der Waals surface area contributed by atoms with Gasteiger partial charge in [-0.2, -0.15) is 23.5 Å². The van der Waals surface area contributed by atoms with Gasteiger partial charge in [-0.1, -0.05) is 0 Å². The molecule has 33 heavy (non-hydrogen) atoms. The van der Waals surface area contributed by atoms with Crippen LogP contribution >= 0.6 is 15.9 Å². The Bertz CT molecular complexity index is 1420. The number of aromatic nitrogens is 5. The minimum Gasteiger partial charge on any atom is -0.484 e. The highest BCUT2D eigenvalue weighted by molar-refractivity contribution is 9.10. The van der Waals surface area contributed by atoms with E-state index in [2.05, 4.69) is 31.0 Å². The lowest BCUT2D eigenvalue weighted by atomic mass is 10.2. The molecule has 1 saturated heterocycles. The molecule has 5 rings (SSSR count). The number of hydrogen-bond acceptors (Lipinski definition) is 6. The number of benzene rings is 1. The molecule has 0 unspecified atom stereocenters. The number of nitrogens with zero attached hydrogens (tertiary/aromatic N) is 6. The topological polar surface area (TPSA) is 90.8 Å². The van der Waals surface area contributed by atoms with Gasteiger partial charge in [0.15, 0.2) is 11.5 Å². The summed E-state index contributed by atoms with van der Waals surface area (Å²) in [5.74, 6) is 0.380. The van der Waals surface area contributed by atoms with E-state index in [4.69, 9.17) is 14.7 Å². The van der Waals surface area contributed by atoms with Crippen LogP contribution in [0.4, 0.5) is 13.2 Å². The van der Waals surface area contributed by atoms with Gasteiger partial charge < -0.3 is 9.47 Å². The summed E-state index contributed by atoms with van der Waals surface area (Å²) in [6, 6.07) is 8.95. The summed E-state index contributed by atoms with van der Waals surface area (Å²) in [6.45, 7) is 2.58. The van der Waals surface area contributed by atoms with E-state index in [-0.39, 0.29) is 17.6 Å². The molecule has 0 spiro atoms. The Morgan fingerprint density at radius 3 is 2.67 bits per heavy atom. The van der Waals surface area contributed by atoms with Crippen molar-refractivity contribution in [1.29, 1.82) is 5.26 Å². The first-order valence-electron chi connectivity index (χ1n) is 9.71. The molecule has 3 aromatic heterocycles. The molecule has 0 saturated carbocycles. The third-order valence-corrected chi connectivity index (χ3v) is 5.74. The van der Waals surface area contributed by atoms with Crippen molar-refractivity contribution in [2.45, 2.75) is 19.2 Å². The average molecular weight is 519 g/mol. The Labute approximate surface area is 193 Å². The molecule has 0 N–H and O–H groups in total. The van der Waals surface area contributed by atoms with E-state index < -0.39 is 17.6 Å². The summed E-state index contributed by atoms with van der Waals surface area (Å²) in [5, 5.41) is 13.1. The Kier molecular flexibility index (Phi) is 5.10. The van der Waals surface area contributed by atoms with Gasteiger partial charge in [0.05, 0.1) is 28.7 Å². The largest absolute Gasteiger partial charge is 0.484 e. The summed E-state index contributed by atoms with van der Waals surface area (Å²) >= 11 is 3.48. The van der Waals surface area contributed by atoms with Crippen molar-refractivity contribution in [2.24, 2.45) is 0 Å². The number of imidazole rings is 1. The van der Waals surface area contributed by atoms with Crippen LogP contribution in [0.2, 0.25) is 0 Å². The van der Waals surface area contributed by atoms with Crippen LogP contribution in [-0.4, -0.2) is 43.6 Å². The first-order chi connectivity index (χ1) is 15.7. The second-order valence-electron chi connectivity index (χ2n) is 7.40. The monoisotopic (exact) mass is 518 g/mol. The maximum absolute atomic E-state index is 13.7. The Hall–Kier alpha value is -3.43. The zero-order valence-corrected chi connectivity index (χ0v) is 18.6. The van der Waals surface area contributed by atoms with Crippen LogP contribution in [0.25, 0.3) is 22.7 Å². The number of rotatable bonds is 4. The summed E-state index contributed by atoms with van der Waals surface area (Å²) in [4.78, 5) is 8.62. The molecule has 0 amide bonds. The molecule has 1 aromatic carbocycles. The lowest BCUT2D eigenvalue weighted by Gasteiger charge is -2.27. The number of ether oxygens (including phenoxy) is 2. The molecule has 0 radical (unpaired) electrons. The molecule has 12 heteroatoms. The minimum atomic E-state index is -4.66. The van der Waals surface area contributed by atoms with Crippen LogP contribution in [0.5, 0.6) is 5.75 Å². The van der Waals surface area contributed by atoms with Crippen molar-refractivity contribution in [3.63, 3.8) is 0 Å². The highest BCUT2D eigenvalue weighted by Crippen LogP contribution is 2.35. The van der Waals surface area contributed by atoms with Gasteiger partial charge in [-0.05, 0) is 47.1 Å². The quantitative estimate of drug-likeness (QED) is 0.399. The van der Waals surface area contributed by atoms with Crippen molar-refractivity contribution < 1.29 is 22.6 Å². The fourth-order valence-corrected chi connectivity index (χ4v) is 3.87. The molecule has 8 nitrogen and oxygen atoms in total. The van der Waals surface area contributed by atoms with Crippen LogP contribution < -0.4 is 4.74 Å². The SMILES string of the molecule is Cc1cc(C#N)nn1-c1nc(-n2cnc3cc(OC4COC4)c(Br)cc32)ccc1C(F)(F)F. The number of hydrogen-bond donors (Lipinski definition) is 0. The van der Waals surface area contributed by atoms with E-state index in [0.29, 0.717) is 40.2 Å². The number of halogens is 4. The minimum absolute atomic E-state index is 0.00534. The normalized spacial score (nSPS) is 14.3. The summed E-state index contributed by atoms with van der Waals surface area (Å²) in [5.41, 5.74) is 0.577. The molecule has 1 aliphatic rings. The number of fused-ring (bicyclic) bond motifs is 1. The Morgan fingerprint density at radius 1 is 1.24 bits per heavy atom. The predicted octanol–water partition coefficient (Wildman–Crippen LogP) is 4.35. The van der Waals surface area contributed by atoms with Crippen LogP contribution in [0, 0.1) is 18.3 Å². The maximum atomic E-state index is 13.7. The van der Waals surface area contributed by atoms with E-state index in [1.165, 1.54) is 18.5 Å². The van der Waals surface area contributed by atoms with Gasteiger partial charge in [-0.3, -0.25) is 4.57 Å². The lowest BCUT2D eigenvalue weighted by molar-refractivity contribution is -0.137. The van der Waals surface area contributed by atoms with E-state index in [9.17, 15) is 13.2 Å². The third kappa shape index (κ3) is 3.83. The molecule has 0 atom stereocenters. The summed E-state index contributed by atoms with van der Waals surface area (Å²) in [7, 11) is 0. The first kappa shape index (κ1) is 21.4. The standard InChI is InChI=1S/C21H14BrF3N6O2/c1-11-4-12(7-26)29-31(11)20-14(21(23,24)25)2-3-19(28-20)30-10-27-16-6-18(15(22)5-17(16)30)33-13-8-32-9-13/h2-6,10,13H,8-9H2,1H3. The number of pyridine rings is 1. The van der Waals surface area contributed by atoms with Crippen molar-refractivity contribution in [1.82, 2.24) is 24.3 Å². The molecule has 0 bridgehead atoms. The number of alkyl halides is 3. The van der Waals surface area contributed by atoms with Gasteiger partial charge in [-0.25, -0.2) is 14.6 Å². The maximum Gasteiger partial charge on any atom is 0.420 e. The Morgan fingerprint density at radius 2 is 2.03 bits per heavy atom. The lowest BCUT2D eigenvalue weighted by Crippen LogP contribution is -2.38. The molecular formula is C21H14BrF3N6O2. The molecule has 0 aliphatic carbocycles. The van der Waals surface area contributed by atoms with Crippen LogP contribution in [0.15, 0.2) is 41.1 Å². The molecule has 4 aromatic rings. The smallest absolute Gasteiger partial charge is 0.420 e. The van der Waals surface area contributed by atoms with Gasteiger partial charge in [0.2, 0.25) is 0 Å². The van der Waals surface area contributed by atoms with Crippen molar-refractivity contribution in [3.8, 4) is 23.5 Å². The van der Waals surface area contributed by atoms with Crippen molar-refractivity contribution >= 4 is 27.0 Å². The highest BCUT2D eigenvalue weighted by Gasteiger charge is 2.36. The fraction of sp³-hybridized carbons (Fsp3) is 0.238. The fourth-order valence-electron chi connectivity index (χ4n) is 3.44. The number of nitriles is 1. The number of aryl methyl sites for hydroxylation is 1. The Balaban J connectivity index is 1.63. The third-order valence-electron chi connectivity index (χ3n) is 5.12. The highest BCUT2D eigenvalue weighted by atomic mass is 79.9. The van der Waals surface area contributed by atoms with Gasteiger partial charge in [0.1, 0.15) is 35.6 Å². The van der Waals surface area contributed by atoms with E-state index in [1.807, 2.05) is 6.07 Å². The van der Waals surface area contributed by atoms with Crippen LogP contribution in [0.3, 0.4) is 0 Å². The first-order valence-corrected chi connectivity index (χ1v) is 10.5. The van der Waals surface area contributed by atoms with E-state index >= 15 is 0 Å².